The van der Waals surface area contributed by atoms with Gasteiger partial charge in [0.05, 0.1) is 17.3 Å². The Morgan fingerprint density at radius 3 is 2.71 bits per heavy atom. The molecule has 1 aliphatic heterocycles. The van der Waals surface area contributed by atoms with Crippen molar-refractivity contribution in [3.05, 3.63) is 52.9 Å². The highest BCUT2D eigenvalue weighted by Gasteiger charge is 2.31. The van der Waals surface area contributed by atoms with E-state index in [1.54, 1.807) is 0 Å². The number of aromatic amines is 1. The predicted octanol–water partition coefficient (Wildman–Crippen LogP) is 2.15. The van der Waals surface area contributed by atoms with E-state index in [0.29, 0.717) is 24.7 Å². The smallest absolute Gasteiger partial charge is 0.269 e. The molecular weight excluding hydrogens is 318 g/mol. The highest BCUT2D eigenvalue weighted by Crippen LogP contribution is 2.31. The number of aromatic nitrogens is 2. The molecule has 2 heterocycles. The number of hydrogen-bond acceptors (Lipinski definition) is 3. The zero-order chi connectivity index (χ0) is 17.3. The van der Waals surface area contributed by atoms with Gasteiger partial charge in [0, 0.05) is 12.6 Å². The van der Waals surface area contributed by atoms with Crippen LogP contribution in [0.5, 0.6) is 0 Å². The lowest BCUT2D eigenvalue weighted by molar-refractivity contribution is 0.0601. The summed E-state index contributed by atoms with van der Waals surface area (Å²) >= 11 is 0. The van der Waals surface area contributed by atoms with Gasteiger partial charge < -0.3 is 10.6 Å². The molecule has 2 amide bonds. The van der Waals surface area contributed by atoms with Crippen LogP contribution in [0.2, 0.25) is 0 Å². The Balaban J connectivity index is 1.91. The van der Waals surface area contributed by atoms with Crippen LogP contribution in [-0.4, -0.2) is 33.5 Å². The molecule has 0 radical (unpaired) electrons. The molecule has 0 saturated carbocycles. The maximum absolute atomic E-state index is 13.9. The van der Waals surface area contributed by atoms with E-state index in [-0.39, 0.29) is 17.3 Å². The molecule has 1 atom stereocenters. The van der Waals surface area contributed by atoms with Gasteiger partial charge in [-0.2, -0.15) is 5.10 Å². The molecular formula is C16H16F2N4O2. The first-order chi connectivity index (χ1) is 11.5. The van der Waals surface area contributed by atoms with E-state index in [1.807, 2.05) is 0 Å². The molecule has 0 aliphatic carbocycles. The van der Waals surface area contributed by atoms with E-state index in [0.717, 1.165) is 25.0 Å². The summed E-state index contributed by atoms with van der Waals surface area (Å²) in [4.78, 5) is 25.4. The van der Waals surface area contributed by atoms with Crippen LogP contribution in [0.25, 0.3) is 0 Å². The zero-order valence-electron chi connectivity index (χ0n) is 12.8. The second-order valence-corrected chi connectivity index (χ2v) is 5.71. The molecule has 0 unspecified atom stereocenters. The van der Waals surface area contributed by atoms with Crippen molar-refractivity contribution in [3.8, 4) is 0 Å². The highest BCUT2D eigenvalue weighted by atomic mass is 19.1. The van der Waals surface area contributed by atoms with Gasteiger partial charge >= 0.3 is 0 Å². The number of benzene rings is 1. The minimum atomic E-state index is -0.897. The molecule has 0 bridgehead atoms. The van der Waals surface area contributed by atoms with Crippen LogP contribution < -0.4 is 5.73 Å². The highest BCUT2D eigenvalue weighted by molar-refractivity contribution is 5.95. The van der Waals surface area contributed by atoms with Crippen molar-refractivity contribution < 1.29 is 18.4 Å². The van der Waals surface area contributed by atoms with E-state index >= 15 is 0 Å². The van der Waals surface area contributed by atoms with Gasteiger partial charge in [-0.1, -0.05) is 0 Å². The summed E-state index contributed by atoms with van der Waals surface area (Å²) in [6.07, 6.45) is 2.31. The van der Waals surface area contributed by atoms with E-state index in [1.165, 1.54) is 11.0 Å². The third-order valence-electron chi connectivity index (χ3n) is 4.13. The normalized spacial score (nSPS) is 17.8. The van der Waals surface area contributed by atoms with Crippen molar-refractivity contribution >= 4 is 11.8 Å². The van der Waals surface area contributed by atoms with Crippen molar-refractivity contribution in [2.45, 2.75) is 25.3 Å². The van der Waals surface area contributed by atoms with Crippen LogP contribution in [0.15, 0.2) is 24.3 Å². The molecule has 0 spiro atoms. The van der Waals surface area contributed by atoms with E-state index in [2.05, 4.69) is 10.2 Å². The molecule has 3 rings (SSSR count). The molecule has 3 N–H and O–H groups in total. The third kappa shape index (κ3) is 2.99. The number of nitrogens with zero attached hydrogens (tertiary/aromatic N) is 2. The van der Waals surface area contributed by atoms with Crippen LogP contribution in [0.3, 0.4) is 0 Å². The van der Waals surface area contributed by atoms with Gasteiger partial charge in [0.15, 0.2) is 0 Å². The van der Waals surface area contributed by atoms with E-state index in [9.17, 15) is 18.4 Å². The number of nitrogens with two attached hydrogens (primary N) is 1. The van der Waals surface area contributed by atoms with Gasteiger partial charge in [0.25, 0.3) is 11.8 Å². The molecule has 8 heteroatoms. The molecule has 1 fully saturated rings. The quantitative estimate of drug-likeness (QED) is 0.901. The summed E-state index contributed by atoms with van der Waals surface area (Å²) < 4.78 is 27.0. The molecule has 126 valence electrons. The average molecular weight is 334 g/mol. The Hall–Kier alpha value is -2.77. The van der Waals surface area contributed by atoms with Crippen LogP contribution in [0.4, 0.5) is 8.78 Å². The molecule has 2 aromatic rings. The number of hydrogen-bond donors (Lipinski definition) is 2. The predicted molar refractivity (Wildman–Crippen MR) is 81.1 cm³/mol. The number of carbonyl (C=O) groups excluding carboxylic acids is 2. The molecule has 1 aromatic carbocycles. The molecule has 24 heavy (non-hydrogen) atoms. The Morgan fingerprint density at radius 1 is 1.25 bits per heavy atom. The molecule has 1 aromatic heterocycles. The number of carbonyl (C=O) groups is 2. The lowest BCUT2D eigenvalue weighted by atomic mass is 9.98. The second kappa shape index (κ2) is 6.38. The maximum atomic E-state index is 13.9. The SMILES string of the molecule is NC(=O)c1cc([C@@H]2CCCCN2C(=O)c2ccc(F)cc2F)[nH]n1. The summed E-state index contributed by atoms with van der Waals surface area (Å²) in [5, 5.41) is 6.54. The fourth-order valence-electron chi connectivity index (χ4n) is 2.95. The van der Waals surface area contributed by atoms with Gasteiger partial charge in [-0.25, -0.2) is 8.78 Å². The van der Waals surface area contributed by atoms with Gasteiger partial charge in [-0.15, -0.1) is 0 Å². The monoisotopic (exact) mass is 334 g/mol. The van der Waals surface area contributed by atoms with Crippen molar-refractivity contribution in [3.63, 3.8) is 0 Å². The van der Waals surface area contributed by atoms with Gasteiger partial charge in [-0.05, 0) is 37.5 Å². The van der Waals surface area contributed by atoms with E-state index in [4.69, 9.17) is 5.73 Å². The third-order valence-corrected chi connectivity index (χ3v) is 4.13. The Bertz CT molecular complexity index is 790. The lowest BCUT2D eigenvalue weighted by Crippen LogP contribution is -2.39. The number of primary amides is 1. The molecule has 6 nitrogen and oxygen atoms in total. The number of piperidine rings is 1. The number of amides is 2. The molecule has 1 saturated heterocycles. The minimum absolute atomic E-state index is 0.0796. The van der Waals surface area contributed by atoms with Crippen LogP contribution in [0.1, 0.15) is 51.8 Å². The van der Waals surface area contributed by atoms with Crippen molar-refractivity contribution in [2.24, 2.45) is 5.73 Å². The standard InChI is InChI=1S/C16H16F2N4O2/c17-9-4-5-10(11(18)7-9)16(24)22-6-2-1-3-14(22)12-8-13(15(19)23)21-20-12/h4-5,7-8,14H,1-3,6H2,(H2,19,23)(H,20,21)/t14-/m0/s1. The van der Waals surface area contributed by atoms with Gasteiger partial charge in [-0.3, -0.25) is 14.7 Å². The van der Waals surface area contributed by atoms with Crippen LogP contribution in [-0.2, 0) is 0 Å². The van der Waals surface area contributed by atoms with Crippen LogP contribution in [0, 0.1) is 11.6 Å². The first kappa shape index (κ1) is 16.1. The van der Waals surface area contributed by atoms with E-state index < -0.39 is 23.4 Å². The zero-order valence-corrected chi connectivity index (χ0v) is 12.8. The van der Waals surface area contributed by atoms with Crippen molar-refractivity contribution in [2.75, 3.05) is 6.54 Å². The number of likely N-dealkylation sites (tertiary alicyclic amines) is 1. The maximum Gasteiger partial charge on any atom is 0.269 e. The topological polar surface area (TPSA) is 92.1 Å². The summed E-state index contributed by atoms with van der Waals surface area (Å²) in [5.74, 6) is -2.83. The summed E-state index contributed by atoms with van der Waals surface area (Å²) in [6.45, 7) is 0.436. The second-order valence-electron chi connectivity index (χ2n) is 5.71. The summed E-state index contributed by atoms with van der Waals surface area (Å²) in [6, 6.07) is 4.01. The Kier molecular flexibility index (Phi) is 4.28. The fourth-order valence-corrected chi connectivity index (χ4v) is 2.95. The number of H-pyrrole nitrogens is 1. The first-order valence-electron chi connectivity index (χ1n) is 7.58. The number of rotatable bonds is 3. The van der Waals surface area contributed by atoms with Gasteiger partial charge in [0.2, 0.25) is 0 Å². The first-order valence-corrected chi connectivity index (χ1v) is 7.58. The fraction of sp³-hybridized carbons (Fsp3) is 0.312. The summed E-state index contributed by atoms with van der Waals surface area (Å²) in [7, 11) is 0. The lowest BCUT2D eigenvalue weighted by Gasteiger charge is -2.35. The Labute approximate surface area is 136 Å². The van der Waals surface area contributed by atoms with Crippen molar-refractivity contribution in [1.29, 1.82) is 0 Å². The Morgan fingerprint density at radius 2 is 2.04 bits per heavy atom. The summed E-state index contributed by atoms with van der Waals surface area (Å²) in [5.41, 5.74) is 5.66. The van der Waals surface area contributed by atoms with Crippen LogP contribution >= 0.6 is 0 Å². The minimum Gasteiger partial charge on any atom is -0.364 e. The molecule has 1 aliphatic rings. The average Bonchev–Trinajstić information content (AvgIpc) is 3.04. The van der Waals surface area contributed by atoms with Gasteiger partial charge in [0.1, 0.15) is 17.3 Å². The number of halogens is 2. The number of nitrogens with one attached hydrogen (secondary N) is 1. The van der Waals surface area contributed by atoms with Crippen molar-refractivity contribution in [1.82, 2.24) is 15.1 Å². The largest absolute Gasteiger partial charge is 0.364 e.